The molecule has 4 nitrogen and oxygen atoms in total. The monoisotopic (exact) mass is 274 g/mol. The lowest BCUT2D eigenvalue weighted by Gasteiger charge is -2.05. The first kappa shape index (κ1) is 13.0. The maximum absolute atomic E-state index is 11.7. The lowest BCUT2D eigenvalue weighted by molar-refractivity contribution is 0.588. The van der Waals surface area contributed by atoms with Gasteiger partial charge in [-0.25, -0.2) is 13.4 Å². The Labute approximate surface area is 106 Å². The number of hydrogen-bond donors (Lipinski definition) is 1. The first-order valence-corrected chi connectivity index (χ1v) is 8.45. The molecule has 1 unspecified atom stereocenters. The van der Waals surface area contributed by atoms with Crippen LogP contribution in [-0.2, 0) is 22.7 Å². The van der Waals surface area contributed by atoms with Gasteiger partial charge in [-0.1, -0.05) is 0 Å². The Morgan fingerprint density at radius 2 is 2.41 bits per heavy atom. The van der Waals surface area contributed by atoms with Gasteiger partial charge in [0.25, 0.3) is 0 Å². The van der Waals surface area contributed by atoms with E-state index in [0.717, 1.165) is 30.8 Å². The van der Waals surface area contributed by atoms with Crippen molar-refractivity contribution in [2.24, 2.45) is 0 Å². The molecule has 2 rings (SSSR count). The molecule has 2 heterocycles. The number of aromatic nitrogens is 1. The number of nitrogens with zero attached hydrogens (tertiary/aromatic N) is 1. The summed E-state index contributed by atoms with van der Waals surface area (Å²) in [5.41, 5.74) is 0. The Kier molecular flexibility index (Phi) is 4.17. The number of likely N-dealkylation sites (N-methyl/N-ethyl adjacent to an activating group) is 1. The van der Waals surface area contributed by atoms with Crippen LogP contribution in [0.3, 0.4) is 0 Å². The van der Waals surface area contributed by atoms with Crippen molar-refractivity contribution in [2.45, 2.75) is 30.9 Å². The molecule has 0 radical (unpaired) electrons. The van der Waals surface area contributed by atoms with Crippen LogP contribution in [0.25, 0.3) is 0 Å². The predicted octanol–water partition coefficient (Wildman–Crippen LogP) is 1.02. The maximum Gasteiger partial charge on any atom is 0.153 e. The molecule has 1 aromatic heterocycles. The van der Waals surface area contributed by atoms with Gasteiger partial charge >= 0.3 is 0 Å². The molecule has 1 aromatic rings. The molecule has 0 aromatic carbocycles. The van der Waals surface area contributed by atoms with Crippen molar-refractivity contribution in [2.75, 3.05) is 19.3 Å². The summed E-state index contributed by atoms with van der Waals surface area (Å²) in [5, 5.41) is 3.87. The lowest BCUT2D eigenvalue weighted by atomic mass is 10.2. The molecule has 1 N–H and O–H groups in total. The molecule has 0 amide bonds. The third-order valence-electron chi connectivity index (χ3n) is 3.09. The molecule has 96 valence electrons. The first-order valence-electron chi connectivity index (χ1n) is 5.91. The van der Waals surface area contributed by atoms with E-state index >= 15 is 0 Å². The molecule has 0 aliphatic carbocycles. The van der Waals surface area contributed by atoms with E-state index in [1.54, 1.807) is 11.3 Å². The molecule has 1 fully saturated rings. The van der Waals surface area contributed by atoms with Gasteiger partial charge < -0.3 is 5.32 Å². The van der Waals surface area contributed by atoms with Crippen molar-refractivity contribution in [3.05, 3.63) is 16.1 Å². The zero-order valence-corrected chi connectivity index (χ0v) is 11.6. The minimum absolute atomic E-state index is 0.189. The van der Waals surface area contributed by atoms with Gasteiger partial charge in [-0.2, -0.15) is 0 Å². The van der Waals surface area contributed by atoms with Crippen molar-refractivity contribution in [1.82, 2.24) is 10.3 Å². The average Bonchev–Trinajstić information content (AvgIpc) is 2.84. The van der Waals surface area contributed by atoms with Crippen LogP contribution in [0, 0.1) is 0 Å². The van der Waals surface area contributed by atoms with E-state index in [1.165, 1.54) is 4.88 Å². The quantitative estimate of drug-likeness (QED) is 0.871. The molecule has 17 heavy (non-hydrogen) atoms. The second-order valence-corrected chi connectivity index (χ2v) is 8.01. The summed E-state index contributed by atoms with van der Waals surface area (Å²) in [7, 11) is -0.915. The Morgan fingerprint density at radius 1 is 1.59 bits per heavy atom. The van der Waals surface area contributed by atoms with Crippen molar-refractivity contribution in [3.8, 4) is 0 Å². The molecule has 1 saturated heterocycles. The van der Waals surface area contributed by atoms with Gasteiger partial charge in [0.2, 0.25) is 0 Å². The van der Waals surface area contributed by atoms with Crippen molar-refractivity contribution < 1.29 is 8.42 Å². The van der Waals surface area contributed by atoms with Crippen LogP contribution in [0.5, 0.6) is 0 Å². The summed E-state index contributed by atoms with van der Waals surface area (Å²) in [5.74, 6) is 0.357. The van der Waals surface area contributed by atoms with Gasteiger partial charge in [0.15, 0.2) is 9.84 Å². The van der Waals surface area contributed by atoms with Gasteiger partial charge in [0.1, 0.15) is 0 Å². The Morgan fingerprint density at radius 3 is 3.06 bits per heavy atom. The lowest BCUT2D eigenvalue weighted by Crippen LogP contribution is -2.18. The van der Waals surface area contributed by atoms with Gasteiger partial charge in [0, 0.05) is 17.5 Å². The van der Waals surface area contributed by atoms with Gasteiger partial charge in [-0.15, -0.1) is 11.3 Å². The van der Waals surface area contributed by atoms with Crippen LogP contribution in [0.4, 0.5) is 0 Å². The third-order valence-corrected chi connectivity index (χ3v) is 6.44. The summed E-state index contributed by atoms with van der Waals surface area (Å²) in [4.78, 5) is 5.55. The van der Waals surface area contributed by atoms with E-state index in [-0.39, 0.29) is 5.25 Å². The first-order chi connectivity index (χ1) is 8.12. The van der Waals surface area contributed by atoms with Crippen molar-refractivity contribution in [3.63, 3.8) is 0 Å². The topological polar surface area (TPSA) is 59.1 Å². The number of nitrogens with one attached hydrogen (secondary N) is 1. The SMILES string of the molecule is CNCCc1cnc(CC2CCCS2(=O)=O)s1. The normalized spacial score (nSPS) is 23.0. The largest absolute Gasteiger partial charge is 0.319 e. The standard InChI is InChI=1S/C11H18N2O2S2/c1-12-5-4-9-8-13-11(16-9)7-10-3-2-6-17(10,14)15/h8,10,12H,2-7H2,1H3. The molecule has 0 bridgehead atoms. The fourth-order valence-corrected chi connectivity index (χ4v) is 5.04. The number of sulfone groups is 1. The Bertz CT molecular complexity index is 468. The van der Waals surface area contributed by atoms with Gasteiger partial charge in [0.05, 0.1) is 16.0 Å². The molecular formula is C11H18N2O2S2. The number of thiazole rings is 1. The highest BCUT2D eigenvalue weighted by Gasteiger charge is 2.31. The van der Waals surface area contributed by atoms with Crippen LogP contribution in [0.2, 0.25) is 0 Å². The van der Waals surface area contributed by atoms with E-state index in [0.29, 0.717) is 12.2 Å². The maximum atomic E-state index is 11.7. The molecule has 1 atom stereocenters. The van der Waals surface area contributed by atoms with E-state index in [1.807, 2.05) is 13.2 Å². The van der Waals surface area contributed by atoms with E-state index in [4.69, 9.17) is 0 Å². The molecule has 1 aliphatic heterocycles. The summed E-state index contributed by atoms with van der Waals surface area (Å²) in [6.45, 7) is 0.934. The van der Waals surface area contributed by atoms with Gasteiger partial charge in [-0.3, -0.25) is 0 Å². The van der Waals surface area contributed by atoms with E-state index in [2.05, 4.69) is 10.3 Å². The third kappa shape index (κ3) is 3.26. The zero-order chi connectivity index (χ0) is 12.3. The second-order valence-electron chi connectivity index (χ2n) is 4.41. The predicted molar refractivity (Wildman–Crippen MR) is 70.3 cm³/mol. The minimum atomic E-state index is -2.84. The summed E-state index contributed by atoms with van der Waals surface area (Å²) < 4.78 is 23.4. The minimum Gasteiger partial charge on any atom is -0.319 e. The van der Waals surface area contributed by atoms with Crippen LogP contribution < -0.4 is 5.32 Å². The summed E-state index contributed by atoms with van der Waals surface area (Å²) in [6.07, 6.45) is 5.05. The highest BCUT2D eigenvalue weighted by Crippen LogP contribution is 2.25. The van der Waals surface area contributed by atoms with Crippen LogP contribution in [0.15, 0.2) is 6.20 Å². The van der Waals surface area contributed by atoms with Crippen molar-refractivity contribution in [1.29, 1.82) is 0 Å². The molecule has 0 saturated carbocycles. The fraction of sp³-hybridized carbons (Fsp3) is 0.727. The molecule has 1 aliphatic rings. The van der Waals surface area contributed by atoms with E-state index in [9.17, 15) is 8.42 Å². The summed E-state index contributed by atoms with van der Waals surface area (Å²) in [6, 6.07) is 0. The molecular weight excluding hydrogens is 256 g/mol. The summed E-state index contributed by atoms with van der Waals surface area (Å²) >= 11 is 1.64. The van der Waals surface area contributed by atoms with E-state index < -0.39 is 9.84 Å². The van der Waals surface area contributed by atoms with Crippen LogP contribution >= 0.6 is 11.3 Å². The fourth-order valence-electron chi connectivity index (χ4n) is 2.09. The Balaban J connectivity index is 1.97. The average molecular weight is 274 g/mol. The highest BCUT2D eigenvalue weighted by atomic mass is 32.2. The zero-order valence-electron chi connectivity index (χ0n) is 9.98. The smallest absolute Gasteiger partial charge is 0.153 e. The Hall–Kier alpha value is -0.460. The van der Waals surface area contributed by atoms with Crippen molar-refractivity contribution >= 4 is 21.2 Å². The highest BCUT2D eigenvalue weighted by molar-refractivity contribution is 7.92. The number of rotatable bonds is 5. The van der Waals surface area contributed by atoms with Crippen LogP contribution in [-0.4, -0.2) is 38.0 Å². The van der Waals surface area contributed by atoms with Crippen LogP contribution in [0.1, 0.15) is 22.7 Å². The van der Waals surface area contributed by atoms with Gasteiger partial charge in [-0.05, 0) is 32.9 Å². The molecule has 0 spiro atoms. The second kappa shape index (κ2) is 5.46. The number of hydrogen-bond acceptors (Lipinski definition) is 5. The molecule has 6 heteroatoms.